The number of nitrogens with one attached hydrogen (secondary N) is 1. The summed E-state index contributed by atoms with van der Waals surface area (Å²) in [6.07, 6.45) is 3.10. The first kappa shape index (κ1) is 12.8. The zero-order valence-electron chi connectivity index (χ0n) is 10.7. The lowest BCUT2D eigenvalue weighted by Crippen LogP contribution is -2.48. The molecule has 4 heteroatoms. The average molecular weight is 240 g/mol. The summed E-state index contributed by atoms with van der Waals surface area (Å²) in [6.45, 7) is 5.88. The molecule has 2 saturated heterocycles. The van der Waals surface area contributed by atoms with Gasteiger partial charge < -0.3 is 15.3 Å². The van der Waals surface area contributed by atoms with Crippen LogP contribution in [0.5, 0.6) is 0 Å². The maximum absolute atomic E-state index is 12.4. The topological polar surface area (TPSA) is 52.6 Å². The molecule has 1 amide bonds. The highest BCUT2D eigenvalue weighted by Crippen LogP contribution is 2.22. The molecule has 2 rings (SSSR count). The number of carbonyl (C=O) groups is 1. The summed E-state index contributed by atoms with van der Waals surface area (Å²) >= 11 is 0. The molecule has 3 atom stereocenters. The van der Waals surface area contributed by atoms with Gasteiger partial charge in [0.15, 0.2) is 0 Å². The largest absolute Gasteiger partial charge is 0.396 e. The van der Waals surface area contributed by atoms with Crippen LogP contribution in [-0.4, -0.2) is 48.7 Å². The summed E-state index contributed by atoms with van der Waals surface area (Å²) in [6, 6.07) is 0. The quantitative estimate of drug-likeness (QED) is 0.737. The highest BCUT2D eigenvalue weighted by molar-refractivity contribution is 5.79. The van der Waals surface area contributed by atoms with Gasteiger partial charge in [0, 0.05) is 26.2 Å². The van der Waals surface area contributed by atoms with E-state index in [2.05, 4.69) is 12.2 Å². The number of carbonyl (C=O) groups excluding carboxylic acids is 1. The molecule has 0 aliphatic carbocycles. The second-order valence-electron chi connectivity index (χ2n) is 5.67. The van der Waals surface area contributed by atoms with Gasteiger partial charge in [-0.3, -0.25) is 4.79 Å². The molecule has 2 N–H and O–H groups in total. The zero-order valence-corrected chi connectivity index (χ0v) is 10.7. The molecule has 0 spiro atoms. The summed E-state index contributed by atoms with van der Waals surface area (Å²) in [5.41, 5.74) is 0. The second kappa shape index (κ2) is 5.83. The van der Waals surface area contributed by atoms with Crippen LogP contribution in [0.1, 0.15) is 26.2 Å². The van der Waals surface area contributed by atoms with E-state index < -0.39 is 0 Å². The molecule has 0 radical (unpaired) electrons. The SMILES string of the molecule is CC1CNCC(C(=O)N2CCCC(CO)C2)C1. The van der Waals surface area contributed by atoms with Crippen molar-refractivity contribution in [1.82, 2.24) is 10.2 Å². The van der Waals surface area contributed by atoms with Gasteiger partial charge in [-0.05, 0) is 37.6 Å². The van der Waals surface area contributed by atoms with Crippen LogP contribution in [0.25, 0.3) is 0 Å². The monoisotopic (exact) mass is 240 g/mol. The molecule has 2 fully saturated rings. The van der Waals surface area contributed by atoms with Crippen LogP contribution in [0.2, 0.25) is 0 Å². The fraction of sp³-hybridized carbons (Fsp3) is 0.923. The molecule has 4 nitrogen and oxygen atoms in total. The Labute approximate surface area is 103 Å². The maximum Gasteiger partial charge on any atom is 0.226 e. The second-order valence-corrected chi connectivity index (χ2v) is 5.67. The molecule has 17 heavy (non-hydrogen) atoms. The Morgan fingerprint density at radius 3 is 3.00 bits per heavy atom. The van der Waals surface area contributed by atoms with E-state index in [9.17, 15) is 9.90 Å². The van der Waals surface area contributed by atoms with Gasteiger partial charge in [-0.2, -0.15) is 0 Å². The molecule has 2 aliphatic heterocycles. The molecule has 3 unspecified atom stereocenters. The van der Waals surface area contributed by atoms with Crippen molar-refractivity contribution in [3.05, 3.63) is 0 Å². The predicted octanol–water partition coefficient (Wildman–Crippen LogP) is 0.463. The van der Waals surface area contributed by atoms with E-state index >= 15 is 0 Å². The molecule has 98 valence electrons. The van der Waals surface area contributed by atoms with E-state index in [4.69, 9.17) is 0 Å². The first-order chi connectivity index (χ1) is 8.20. The van der Waals surface area contributed by atoms with E-state index in [0.29, 0.717) is 17.7 Å². The number of hydrogen-bond donors (Lipinski definition) is 2. The molecule has 0 aromatic heterocycles. The number of hydrogen-bond acceptors (Lipinski definition) is 3. The fourth-order valence-electron chi connectivity index (χ4n) is 3.02. The highest BCUT2D eigenvalue weighted by atomic mass is 16.3. The van der Waals surface area contributed by atoms with Crippen molar-refractivity contribution in [3.8, 4) is 0 Å². The van der Waals surface area contributed by atoms with Gasteiger partial charge in [0.25, 0.3) is 0 Å². The Kier molecular flexibility index (Phi) is 4.40. The summed E-state index contributed by atoms with van der Waals surface area (Å²) in [5.74, 6) is 1.33. The molecule has 2 heterocycles. The van der Waals surface area contributed by atoms with E-state index in [1.54, 1.807) is 0 Å². The number of piperidine rings is 2. The summed E-state index contributed by atoms with van der Waals surface area (Å²) < 4.78 is 0. The van der Waals surface area contributed by atoms with Crippen molar-refractivity contribution in [3.63, 3.8) is 0 Å². The van der Waals surface area contributed by atoms with Gasteiger partial charge >= 0.3 is 0 Å². The third-order valence-corrected chi connectivity index (χ3v) is 4.01. The van der Waals surface area contributed by atoms with E-state index in [-0.39, 0.29) is 12.5 Å². The van der Waals surface area contributed by atoms with Crippen LogP contribution in [0.4, 0.5) is 0 Å². The number of aliphatic hydroxyl groups is 1. The molecule has 0 aromatic rings. The number of amides is 1. The van der Waals surface area contributed by atoms with Crippen LogP contribution < -0.4 is 5.32 Å². The molecule has 0 saturated carbocycles. The first-order valence-corrected chi connectivity index (χ1v) is 6.81. The van der Waals surface area contributed by atoms with Gasteiger partial charge in [0.05, 0.1) is 5.92 Å². The van der Waals surface area contributed by atoms with Crippen LogP contribution in [0.15, 0.2) is 0 Å². The molecular formula is C13H24N2O2. The first-order valence-electron chi connectivity index (χ1n) is 6.81. The lowest BCUT2D eigenvalue weighted by atomic mass is 9.89. The molecule has 2 aliphatic rings. The van der Waals surface area contributed by atoms with E-state index in [1.165, 1.54) is 0 Å². The van der Waals surface area contributed by atoms with Crippen LogP contribution in [0, 0.1) is 17.8 Å². The molecular weight excluding hydrogens is 216 g/mol. The van der Waals surface area contributed by atoms with Crippen molar-refractivity contribution in [2.24, 2.45) is 17.8 Å². The van der Waals surface area contributed by atoms with E-state index in [0.717, 1.165) is 45.4 Å². The third-order valence-electron chi connectivity index (χ3n) is 4.01. The van der Waals surface area contributed by atoms with Crippen molar-refractivity contribution < 1.29 is 9.90 Å². The van der Waals surface area contributed by atoms with Gasteiger partial charge in [-0.15, -0.1) is 0 Å². The third kappa shape index (κ3) is 3.19. The Balaban J connectivity index is 1.89. The van der Waals surface area contributed by atoms with Crippen LogP contribution >= 0.6 is 0 Å². The van der Waals surface area contributed by atoms with Crippen LogP contribution in [-0.2, 0) is 4.79 Å². The van der Waals surface area contributed by atoms with Gasteiger partial charge in [0.2, 0.25) is 5.91 Å². The minimum atomic E-state index is 0.149. The minimum absolute atomic E-state index is 0.149. The Morgan fingerprint density at radius 2 is 2.29 bits per heavy atom. The molecule has 0 aromatic carbocycles. The minimum Gasteiger partial charge on any atom is -0.396 e. The van der Waals surface area contributed by atoms with Crippen molar-refractivity contribution in [2.75, 3.05) is 32.8 Å². The average Bonchev–Trinajstić information content (AvgIpc) is 2.38. The van der Waals surface area contributed by atoms with Gasteiger partial charge in [0.1, 0.15) is 0 Å². The fourth-order valence-corrected chi connectivity index (χ4v) is 3.02. The molecule has 0 bridgehead atoms. The smallest absolute Gasteiger partial charge is 0.226 e. The standard InChI is InChI=1S/C13H24N2O2/c1-10-5-12(7-14-6-10)13(17)15-4-2-3-11(8-15)9-16/h10-12,14,16H,2-9H2,1H3. The lowest BCUT2D eigenvalue weighted by molar-refractivity contribution is -0.138. The Hall–Kier alpha value is -0.610. The van der Waals surface area contributed by atoms with Gasteiger partial charge in [-0.1, -0.05) is 6.92 Å². The maximum atomic E-state index is 12.4. The van der Waals surface area contributed by atoms with Crippen molar-refractivity contribution in [2.45, 2.75) is 26.2 Å². The number of nitrogens with zero attached hydrogens (tertiary/aromatic N) is 1. The normalized spacial score (nSPS) is 34.7. The Morgan fingerprint density at radius 1 is 1.47 bits per heavy atom. The van der Waals surface area contributed by atoms with Gasteiger partial charge in [-0.25, -0.2) is 0 Å². The number of rotatable bonds is 2. The summed E-state index contributed by atoms with van der Waals surface area (Å²) in [4.78, 5) is 14.3. The summed E-state index contributed by atoms with van der Waals surface area (Å²) in [5, 5.41) is 12.5. The predicted molar refractivity (Wildman–Crippen MR) is 66.5 cm³/mol. The van der Waals surface area contributed by atoms with Crippen molar-refractivity contribution in [1.29, 1.82) is 0 Å². The number of likely N-dealkylation sites (tertiary alicyclic amines) is 1. The Bertz CT molecular complexity index is 270. The lowest BCUT2D eigenvalue weighted by Gasteiger charge is -2.36. The zero-order chi connectivity index (χ0) is 12.3. The van der Waals surface area contributed by atoms with Crippen molar-refractivity contribution >= 4 is 5.91 Å². The van der Waals surface area contributed by atoms with Crippen LogP contribution in [0.3, 0.4) is 0 Å². The van der Waals surface area contributed by atoms with E-state index in [1.807, 2.05) is 4.90 Å². The highest BCUT2D eigenvalue weighted by Gasteiger charge is 2.31. The number of aliphatic hydroxyl groups excluding tert-OH is 1. The summed E-state index contributed by atoms with van der Waals surface area (Å²) in [7, 11) is 0.